The van der Waals surface area contributed by atoms with Crippen molar-refractivity contribution >= 4 is 80.2 Å². The van der Waals surface area contributed by atoms with E-state index in [-0.39, 0.29) is 11.6 Å². The molecule has 3 aromatic rings. The first-order valence-corrected chi connectivity index (χ1v) is 11.7. The second-order valence-corrected chi connectivity index (χ2v) is 9.57. The molecule has 1 aliphatic rings. The number of halogens is 1. The van der Waals surface area contributed by atoms with Gasteiger partial charge >= 0.3 is 5.97 Å². The lowest BCUT2D eigenvalue weighted by Gasteiger charge is -2.13. The molecule has 1 fully saturated rings. The third-order valence-corrected chi connectivity index (χ3v) is 6.84. The number of nitro groups is 1. The third-order valence-electron chi connectivity index (χ3n) is 4.59. The predicted molar refractivity (Wildman–Crippen MR) is 139 cm³/mol. The van der Waals surface area contributed by atoms with Crippen LogP contribution in [0, 0.1) is 13.7 Å². The molecular weight excluding hydrogens is 575 g/mol. The van der Waals surface area contributed by atoms with Gasteiger partial charge in [0.1, 0.15) is 5.75 Å². The Morgan fingerprint density at radius 1 is 1.06 bits per heavy atom. The molecule has 1 aliphatic heterocycles. The Bertz CT molecular complexity index is 1310. The number of carbonyl (C=O) groups excluding carboxylic acids is 2. The highest BCUT2D eigenvalue weighted by Crippen LogP contribution is 2.36. The Morgan fingerprint density at radius 2 is 1.73 bits per heavy atom. The van der Waals surface area contributed by atoms with Gasteiger partial charge in [-0.05, 0) is 70.6 Å². The van der Waals surface area contributed by atoms with Gasteiger partial charge in [0.05, 0.1) is 21.1 Å². The summed E-state index contributed by atoms with van der Waals surface area (Å²) < 4.78 is 6.57. The number of nitro benzene ring substituents is 1. The van der Waals surface area contributed by atoms with E-state index >= 15 is 0 Å². The highest BCUT2D eigenvalue weighted by molar-refractivity contribution is 14.1. The first kappa shape index (κ1) is 23.1. The number of carbonyl (C=O) groups is 2. The fourth-order valence-corrected chi connectivity index (χ4v) is 4.89. The van der Waals surface area contributed by atoms with Crippen LogP contribution in [0.5, 0.6) is 5.75 Å². The summed E-state index contributed by atoms with van der Waals surface area (Å²) in [5, 5.41) is 10.8. The van der Waals surface area contributed by atoms with Crippen LogP contribution in [0.2, 0.25) is 0 Å². The monoisotopic (exact) mass is 588 g/mol. The summed E-state index contributed by atoms with van der Waals surface area (Å²) in [6, 6.07) is 19.5. The average Bonchev–Trinajstić information content (AvgIpc) is 3.08. The van der Waals surface area contributed by atoms with Crippen molar-refractivity contribution in [1.29, 1.82) is 0 Å². The van der Waals surface area contributed by atoms with E-state index in [9.17, 15) is 19.7 Å². The summed E-state index contributed by atoms with van der Waals surface area (Å²) in [6.45, 7) is 0. The van der Waals surface area contributed by atoms with E-state index in [2.05, 4.69) is 22.6 Å². The van der Waals surface area contributed by atoms with Crippen LogP contribution in [0.1, 0.15) is 15.9 Å². The molecule has 0 spiro atoms. The van der Waals surface area contributed by atoms with Gasteiger partial charge in [0.25, 0.3) is 11.6 Å². The first-order valence-electron chi connectivity index (χ1n) is 9.42. The van der Waals surface area contributed by atoms with Crippen LogP contribution in [0.4, 0.5) is 11.4 Å². The highest BCUT2D eigenvalue weighted by atomic mass is 127. The van der Waals surface area contributed by atoms with Crippen LogP contribution < -0.4 is 9.64 Å². The molecule has 0 radical (unpaired) electrons. The zero-order valence-electron chi connectivity index (χ0n) is 16.6. The minimum absolute atomic E-state index is 0.0671. The van der Waals surface area contributed by atoms with Crippen molar-refractivity contribution in [2.45, 2.75) is 0 Å². The van der Waals surface area contributed by atoms with E-state index in [0.717, 1.165) is 20.9 Å². The summed E-state index contributed by atoms with van der Waals surface area (Å²) in [5.74, 6) is -0.375. The number of hydrogen-bond acceptors (Lipinski definition) is 7. The van der Waals surface area contributed by atoms with E-state index in [0.29, 0.717) is 26.2 Å². The van der Waals surface area contributed by atoms with Crippen molar-refractivity contribution in [2.75, 3.05) is 4.90 Å². The lowest BCUT2D eigenvalue weighted by Crippen LogP contribution is -2.27. The number of thiocarbonyl (C=S) groups is 1. The van der Waals surface area contributed by atoms with E-state index in [1.54, 1.807) is 42.5 Å². The van der Waals surface area contributed by atoms with Crippen LogP contribution >= 0.6 is 46.6 Å². The van der Waals surface area contributed by atoms with E-state index in [4.69, 9.17) is 17.0 Å². The van der Waals surface area contributed by atoms with E-state index in [1.807, 2.05) is 12.1 Å². The number of non-ortho nitro benzene ring substituents is 1. The van der Waals surface area contributed by atoms with Gasteiger partial charge in [0, 0.05) is 15.7 Å². The molecule has 0 unspecified atom stereocenters. The topological polar surface area (TPSA) is 89.8 Å². The number of esters is 1. The number of rotatable bonds is 5. The van der Waals surface area contributed by atoms with Gasteiger partial charge in [0.15, 0.2) is 4.32 Å². The lowest BCUT2D eigenvalue weighted by atomic mass is 10.2. The SMILES string of the molecule is O=C(Oc1ccc(/C=C2\SC(=S)N(c3ccc([N+](=O)[O-])cc3)C2=O)cc1)c1ccccc1I. The number of benzene rings is 3. The molecule has 3 aromatic carbocycles. The maximum Gasteiger partial charge on any atom is 0.344 e. The van der Waals surface area contributed by atoms with Crippen molar-refractivity contribution in [3.63, 3.8) is 0 Å². The largest absolute Gasteiger partial charge is 0.423 e. The van der Waals surface area contributed by atoms with Crippen molar-refractivity contribution in [1.82, 2.24) is 0 Å². The van der Waals surface area contributed by atoms with Crippen molar-refractivity contribution < 1.29 is 19.2 Å². The minimum atomic E-state index is -0.504. The van der Waals surface area contributed by atoms with Crippen molar-refractivity contribution in [3.05, 3.63) is 103 Å². The molecule has 7 nitrogen and oxygen atoms in total. The molecule has 1 heterocycles. The summed E-state index contributed by atoms with van der Waals surface area (Å²) in [4.78, 5) is 37.3. The van der Waals surface area contributed by atoms with Crippen LogP contribution in [0.3, 0.4) is 0 Å². The number of anilines is 1. The van der Waals surface area contributed by atoms with Crippen molar-refractivity contribution in [2.24, 2.45) is 0 Å². The second-order valence-electron chi connectivity index (χ2n) is 6.73. The van der Waals surface area contributed by atoms with Gasteiger partial charge in [0.2, 0.25) is 0 Å². The van der Waals surface area contributed by atoms with E-state index in [1.165, 1.54) is 29.2 Å². The number of ether oxygens (including phenoxy) is 1. The predicted octanol–water partition coefficient (Wildman–Crippen LogP) is 5.82. The van der Waals surface area contributed by atoms with E-state index < -0.39 is 10.9 Å². The number of amides is 1. The normalized spacial score (nSPS) is 14.6. The second kappa shape index (κ2) is 9.81. The Labute approximate surface area is 211 Å². The fourth-order valence-electron chi connectivity index (χ4n) is 2.99. The molecule has 0 bridgehead atoms. The minimum Gasteiger partial charge on any atom is -0.423 e. The van der Waals surface area contributed by atoms with Crippen LogP contribution in [0.15, 0.2) is 77.7 Å². The molecule has 0 saturated carbocycles. The Hall–Kier alpha value is -3.09. The van der Waals surface area contributed by atoms with Crippen LogP contribution in [0.25, 0.3) is 6.08 Å². The maximum atomic E-state index is 12.9. The van der Waals surface area contributed by atoms with Crippen LogP contribution in [-0.4, -0.2) is 21.1 Å². The lowest BCUT2D eigenvalue weighted by molar-refractivity contribution is -0.384. The molecule has 0 N–H and O–H groups in total. The molecule has 1 saturated heterocycles. The standard InChI is InChI=1S/C23H13IN2O5S2/c24-19-4-2-1-3-18(19)22(28)31-17-11-5-14(6-12-17)13-20-21(27)25(23(32)33-20)15-7-9-16(10-8-15)26(29)30/h1-13H/b20-13-. The van der Waals surface area contributed by atoms with Gasteiger partial charge < -0.3 is 4.74 Å². The summed E-state index contributed by atoms with van der Waals surface area (Å²) >= 11 is 8.56. The summed E-state index contributed by atoms with van der Waals surface area (Å²) in [7, 11) is 0. The van der Waals surface area contributed by atoms with Gasteiger partial charge in [-0.2, -0.15) is 0 Å². The van der Waals surface area contributed by atoms with Gasteiger partial charge in [-0.3, -0.25) is 19.8 Å². The van der Waals surface area contributed by atoms with Gasteiger partial charge in [-0.25, -0.2) is 4.79 Å². The zero-order chi connectivity index (χ0) is 23.5. The zero-order valence-corrected chi connectivity index (χ0v) is 20.4. The molecule has 164 valence electrons. The molecule has 1 amide bonds. The maximum absolute atomic E-state index is 12.9. The smallest absolute Gasteiger partial charge is 0.344 e. The first-order chi connectivity index (χ1) is 15.8. The van der Waals surface area contributed by atoms with Crippen molar-refractivity contribution in [3.8, 4) is 5.75 Å². The average molecular weight is 588 g/mol. The summed E-state index contributed by atoms with van der Waals surface area (Å²) in [6.07, 6.45) is 1.69. The fraction of sp³-hybridized carbons (Fsp3) is 0. The Morgan fingerprint density at radius 3 is 2.36 bits per heavy atom. The quantitative estimate of drug-likeness (QED) is 0.0706. The number of nitrogens with zero attached hydrogens (tertiary/aromatic N) is 2. The van der Waals surface area contributed by atoms with Crippen LogP contribution in [-0.2, 0) is 4.79 Å². The summed E-state index contributed by atoms with van der Waals surface area (Å²) in [5.41, 5.74) is 1.61. The molecule has 10 heteroatoms. The molecular formula is C23H13IN2O5S2. The number of thioether (sulfide) groups is 1. The third kappa shape index (κ3) is 5.13. The Kier molecular flexibility index (Phi) is 6.86. The van der Waals surface area contributed by atoms with Gasteiger partial charge in [-0.1, -0.05) is 48.2 Å². The molecule has 33 heavy (non-hydrogen) atoms. The molecule has 0 aromatic heterocycles. The molecule has 0 aliphatic carbocycles. The molecule has 0 atom stereocenters. The highest BCUT2D eigenvalue weighted by Gasteiger charge is 2.33. The molecule has 4 rings (SSSR count). The van der Waals surface area contributed by atoms with Gasteiger partial charge in [-0.15, -0.1) is 0 Å². The Balaban J connectivity index is 1.48. The number of hydrogen-bond donors (Lipinski definition) is 0.